The number of anilines is 1. The molecule has 0 fully saturated rings. The van der Waals surface area contributed by atoms with E-state index >= 15 is 0 Å². The molecule has 0 saturated carbocycles. The summed E-state index contributed by atoms with van der Waals surface area (Å²) in [7, 11) is 0. The maximum absolute atomic E-state index is 13.1. The molecule has 0 radical (unpaired) electrons. The fourth-order valence-corrected chi connectivity index (χ4v) is 2.48. The summed E-state index contributed by atoms with van der Waals surface area (Å²) in [5.74, 6) is 0.635. The van der Waals surface area contributed by atoms with Gasteiger partial charge in [0.05, 0.1) is 0 Å². The Hall–Kier alpha value is -3.34. The molecule has 0 saturated heterocycles. The Morgan fingerprint density at radius 3 is 2.26 bits per heavy atom. The van der Waals surface area contributed by atoms with E-state index in [1.165, 1.54) is 18.2 Å². The van der Waals surface area contributed by atoms with Crippen LogP contribution in [0.25, 0.3) is 0 Å². The Kier molecular flexibility index (Phi) is 6.05. The molecular formula is C22H20FNO3. The lowest BCUT2D eigenvalue weighted by atomic mass is 10.2. The number of nitrogens with one attached hydrogen (secondary N) is 1. The normalized spacial score (nSPS) is 10.3. The van der Waals surface area contributed by atoms with Crippen molar-refractivity contribution in [2.75, 3.05) is 11.9 Å². The van der Waals surface area contributed by atoms with Gasteiger partial charge < -0.3 is 14.8 Å². The predicted octanol–water partition coefficient (Wildman–Crippen LogP) is 4.73. The minimum Gasteiger partial charge on any atom is -0.489 e. The van der Waals surface area contributed by atoms with E-state index in [2.05, 4.69) is 5.32 Å². The van der Waals surface area contributed by atoms with Crippen LogP contribution in [-0.4, -0.2) is 12.5 Å². The molecule has 0 aliphatic heterocycles. The first-order valence-electron chi connectivity index (χ1n) is 8.56. The molecule has 3 rings (SSSR count). The van der Waals surface area contributed by atoms with E-state index in [1.807, 2.05) is 30.3 Å². The number of carbonyl (C=O) groups excluding carboxylic acids is 1. The van der Waals surface area contributed by atoms with Gasteiger partial charge in [0.25, 0.3) is 5.91 Å². The Bertz CT molecular complexity index is 895. The van der Waals surface area contributed by atoms with E-state index in [0.29, 0.717) is 23.6 Å². The van der Waals surface area contributed by atoms with Crippen LogP contribution in [0.5, 0.6) is 11.5 Å². The number of halogens is 1. The van der Waals surface area contributed by atoms with Crippen LogP contribution in [0.15, 0.2) is 72.8 Å². The van der Waals surface area contributed by atoms with Crippen LogP contribution >= 0.6 is 0 Å². The van der Waals surface area contributed by atoms with Gasteiger partial charge in [0.1, 0.15) is 23.9 Å². The van der Waals surface area contributed by atoms with Crippen molar-refractivity contribution in [2.24, 2.45) is 0 Å². The molecule has 138 valence electrons. The molecule has 1 N–H and O–H groups in total. The van der Waals surface area contributed by atoms with E-state index < -0.39 is 0 Å². The SMILES string of the molecule is Cc1cc(F)ccc1NC(=O)COc1ccc(OCc2ccccc2)cc1. The number of amides is 1. The molecule has 4 nitrogen and oxygen atoms in total. The lowest BCUT2D eigenvalue weighted by molar-refractivity contribution is -0.118. The Balaban J connectivity index is 1.47. The highest BCUT2D eigenvalue weighted by Gasteiger charge is 2.07. The second kappa shape index (κ2) is 8.85. The zero-order chi connectivity index (χ0) is 19.1. The molecular weight excluding hydrogens is 345 g/mol. The summed E-state index contributed by atoms with van der Waals surface area (Å²) < 4.78 is 24.3. The molecule has 0 aliphatic carbocycles. The van der Waals surface area contributed by atoms with Crippen molar-refractivity contribution in [3.63, 3.8) is 0 Å². The molecule has 0 aliphatic rings. The Labute approximate surface area is 157 Å². The van der Waals surface area contributed by atoms with Crippen molar-refractivity contribution in [3.05, 3.63) is 89.7 Å². The lowest BCUT2D eigenvalue weighted by Gasteiger charge is -2.10. The molecule has 3 aromatic carbocycles. The van der Waals surface area contributed by atoms with Gasteiger partial charge >= 0.3 is 0 Å². The number of benzene rings is 3. The summed E-state index contributed by atoms with van der Waals surface area (Å²) in [6.07, 6.45) is 0. The van der Waals surface area contributed by atoms with Gasteiger partial charge in [-0.3, -0.25) is 4.79 Å². The number of hydrogen-bond acceptors (Lipinski definition) is 3. The van der Waals surface area contributed by atoms with Gasteiger partial charge in [0.15, 0.2) is 6.61 Å². The minimum absolute atomic E-state index is 0.138. The summed E-state index contributed by atoms with van der Waals surface area (Å²) in [4.78, 5) is 12.0. The zero-order valence-electron chi connectivity index (χ0n) is 14.9. The fourth-order valence-electron chi connectivity index (χ4n) is 2.48. The molecule has 0 heterocycles. The molecule has 0 unspecified atom stereocenters. The number of aryl methyl sites for hydroxylation is 1. The van der Waals surface area contributed by atoms with Crippen molar-refractivity contribution in [2.45, 2.75) is 13.5 Å². The van der Waals surface area contributed by atoms with Gasteiger partial charge in [0, 0.05) is 5.69 Å². The molecule has 1 amide bonds. The van der Waals surface area contributed by atoms with Gasteiger partial charge in [-0.2, -0.15) is 0 Å². The van der Waals surface area contributed by atoms with E-state index in [-0.39, 0.29) is 18.3 Å². The summed E-state index contributed by atoms with van der Waals surface area (Å²) in [5, 5.41) is 2.70. The lowest BCUT2D eigenvalue weighted by Crippen LogP contribution is -2.20. The standard InChI is InChI=1S/C22H20FNO3/c1-16-13-18(23)7-12-21(16)24-22(25)15-27-20-10-8-19(9-11-20)26-14-17-5-3-2-4-6-17/h2-13H,14-15H2,1H3,(H,24,25). The Morgan fingerprint density at radius 1 is 0.926 bits per heavy atom. The second-order valence-corrected chi connectivity index (χ2v) is 6.04. The highest BCUT2D eigenvalue weighted by atomic mass is 19.1. The summed E-state index contributed by atoms with van der Waals surface area (Å²) in [5.41, 5.74) is 2.31. The van der Waals surface area contributed by atoms with Crippen molar-refractivity contribution < 1.29 is 18.7 Å². The number of ether oxygens (including phenoxy) is 2. The first-order chi connectivity index (χ1) is 13.1. The van der Waals surface area contributed by atoms with Crippen LogP contribution in [0, 0.1) is 12.7 Å². The third kappa shape index (κ3) is 5.57. The highest BCUT2D eigenvalue weighted by molar-refractivity contribution is 5.92. The third-order valence-corrected chi connectivity index (χ3v) is 3.90. The third-order valence-electron chi connectivity index (χ3n) is 3.90. The van der Waals surface area contributed by atoms with Crippen LogP contribution in [0.4, 0.5) is 10.1 Å². The maximum Gasteiger partial charge on any atom is 0.262 e. The zero-order valence-corrected chi connectivity index (χ0v) is 14.9. The topological polar surface area (TPSA) is 47.6 Å². The summed E-state index contributed by atoms with van der Waals surface area (Å²) in [6, 6.07) is 21.2. The van der Waals surface area contributed by atoms with Crippen LogP contribution in [-0.2, 0) is 11.4 Å². The van der Waals surface area contributed by atoms with E-state index in [4.69, 9.17) is 9.47 Å². The van der Waals surface area contributed by atoms with Gasteiger partial charge in [-0.25, -0.2) is 4.39 Å². The maximum atomic E-state index is 13.1. The smallest absolute Gasteiger partial charge is 0.262 e. The second-order valence-electron chi connectivity index (χ2n) is 6.04. The van der Waals surface area contributed by atoms with Crippen molar-refractivity contribution in [1.82, 2.24) is 0 Å². The molecule has 27 heavy (non-hydrogen) atoms. The molecule has 0 bridgehead atoms. The number of rotatable bonds is 7. The van der Waals surface area contributed by atoms with Gasteiger partial charge in [-0.1, -0.05) is 30.3 Å². The summed E-state index contributed by atoms with van der Waals surface area (Å²) in [6.45, 7) is 2.08. The van der Waals surface area contributed by atoms with Gasteiger partial charge in [0.2, 0.25) is 0 Å². The molecule has 5 heteroatoms. The highest BCUT2D eigenvalue weighted by Crippen LogP contribution is 2.19. The van der Waals surface area contributed by atoms with Crippen molar-refractivity contribution in [1.29, 1.82) is 0 Å². The quantitative estimate of drug-likeness (QED) is 0.658. The first-order valence-corrected chi connectivity index (χ1v) is 8.56. The van der Waals surface area contributed by atoms with E-state index in [0.717, 1.165) is 11.3 Å². The van der Waals surface area contributed by atoms with Crippen LogP contribution in [0.2, 0.25) is 0 Å². The Morgan fingerprint density at radius 2 is 1.59 bits per heavy atom. The number of carbonyl (C=O) groups is 1. The average Bonchev–Trinajstić information content (AvgIpc) is 2.68. The summed E-state index contributed by atoms with van der Waals surface area (Å²) >= 11 is 0. The van der Waals surface area contributed by atoms with Crippen LogP contribution in [0.1, 0.15) is 11.1 Å². The molecule has 3 aromatic rings. The fraction of sp³-hybridized carbons (Fsp3) is 0.136. The minimum atomic E-state index is -0.337. The predicted molar refractivity (Wildman–Crippen MR) is 102 cm³/mol. The van der Waals surface area contributed by atoms with E-state index in [9.17, 15) is 9.18 Å². The molecule has 0 aromatic heterocycles. The van der Waals surface area contributed by atoms with Crippen LogP contribution in [0.3, 0.4) is 0 Å². The number of hydrogen-bond donors (Lipinski definition) is 1. The monoisotopic (exact) mass is 365 g/mol. The van der Waals surface area contributed by atoms with E-state index in [1.54, 1.807) is 31.2 Å². The van der Waals surface area contributed by atoms with Gasteiger partial charge in [-0.05, 0) is 60.5 Å². The van der Waals surface area contributed by atoms with Crippen molar-refractivity contribution in [3.8, 4) is 11.5 Å². The van der Waals surface area contributed by atoms with Crippen molar-refractivity contribution >= 4 is 11.6 Å². The first kappa shape index (κ1) is 18.5. The molecule has 0 spiro atoms. The van der Waals surface area contributed by atoms with Gasteiger partial charge in [-0.15, -0.1) is 0 Å². The largest absolute Gasteiger partial charge is 0.489 e. The average molecular weight is 365 g/mol. The molecule has 0 atom stereocenters. The van der Waals surface area contributed by atoms with Crippen LogP contribution < -0.4 is 14.8 Å².